The first-order valence-electron chi connectivity index (χ1n) is 8.18. The molecule has 3 N–H and O–H groups in total. The van der Waals surface area contributed by atoms with Gasteiger partial charge in [-0.3, -0.25) is 14.6 Å². The van der Waals surface area contributed by atoms with Crippen LogP contribution in [0.3, 0.4) is 0 Å². The van der Waals surface area contributed by atoms with Gasteiger partial charge in [-0.15, -0.1) is 0 Å². The Kier molecular flexibility index (Phi) is 5.73. The zero-order chi connectivity index (χ0) is 21.9. The monoisotopic (exact) mass is 443 g/mol. The number of rotatable bonds is 6. The van der Waals surface area contributed by atoms with Crippen LogP contribution >= 0.6 is 0 Å². The van der Waals surface area contributed by atoms with E-state index >= 15 is 0 Å². The molecule has 2 aromatic carbocycles. The molecule has 0 aliphatic rings. The quantitative estimate of drug-likeness (QED) is 0.507. The molecule has 1 aromatic heterocycles. The highest BCUT2D eigenvalue weighted by molar-refractivity contribution is 7.92. The maximum absolute atomic E-state index is 14.0. The van der Waals surface area contributed by atoms with Crippen LogP contribution in [0.15, 0.2) is 53.7 Å². The topological polar surface area (TPSA) is 117 Å². The van der Waals surface area contributed by atoms with Crippen LogP contribution in [0.5, 0.6) is 0 Å². The lowest BCUT2D eigenvalue weighted by molar-refractivity contribution is -0.123. The van der Waals surface area contributed by atoms with E-state index in [1.54, 1.807) is 5.32 Å². The maximum Gasteiger partial charge on any atom is 0.405 e. The maximum atomic E-state index is 14.0. The minimum Gasteiger partial charge on any atom is -0.343 e. The van der Waals surface area contributed by atoms with Crippen molar-refractivity contribution in [3.8, 4) is 11.4 Å². The number of amides is 1. The molecule has 0 aliphatic heterocycles. The van der Waals surface area contributed by atoms with E-state index < -0.39 is 34.5 Å². The number of nitrogens with one attached hydrogen (secondary N) is 3. The molecule has 0 aliphatic carbocycles. The Morgan fingerprint density at radius 3 is 2.40 bits per heavy atom. The molecular weight excluding hydrogens is 430 g/mol. The summed E-state index contributed by atoms with van der Waals surface area (Å²) in [5, 5.41) is 7.75. The van der Waals surface area contributed by atoms with Gasteiger partial charge in [0, 0.05) is 11.3 Å². The van der Waals surface area contributed by atoms with Crippen molar-refractivity contribution in [3.63, 3.8) is 0 Å². The fourth-order valence-corrected chi connectivity index (χ4v) is 3.44. The van der Waals surface area contributed by atoms with Gasteiger partial charge in [-0.2, -0.15) is 18.3 Å². The normalized spacial score (nSPS) is 11.9. The Morgan fingerprint density at radius 2 is 1.80 bits per heavy atom. The number of carbonyl (C=O) groups excluding carboxylic acids is 1. The van der Waals surface area contributed by atoms with Crippen molar-refractivity contribution in [2.24, 2.45) is 0 Å². The molecule has 0 spiro atoms. The van der Waals surface area contributed by atoms with Crippen LogP contribution < -0.4 is 10.0 Å². The molecule has 13 heteroatoms. The van der Waals surface area contributed by atoms with E-state index in [0.29, 0.717) is 0 Å². The van der Waals surface area contributed by atoms with Crippen LogP contribution in [-0.2, 0) is 10.0 Å². The Bertz CT molecular complexity index is 1150. The van der Waals surface area contributed by atoms with E-state index in [1.165, 1.54) is 12.1 Å². The lowest BCUT2D eigenvalue weighted by Gasteiger charge is -2.11. The molecule has 8 nitrogen and oxygen atoms in total. The van der Waals surface area contributed by atoms with Crippen molar-refractivity contribution in [1.82, 2.24) is 20.5 Å². The third kappa shape index (κ3) is 5.11. The van der Waals surface area contributed by atoms with E-state index in [-0.39, 0.29) is 27.5 Å². The standard InChI is InChI=1S/C17H13F4N5O3S/c18-14-6-3-11(7-13(14)15-23-9-24-25-15)26-30(28,29)12-4-1-10(2-5-12)16(27)22-8-17(19,20)21/h1-7,9,26H,8H2,(H,22,27)(H,23,24,25). The van der Waals surface area contributed by atoms with E-state index in [4.69, 9.17) is 0 Å². The summed E-state index contributed by atoms with van der Waals surface area (Å²) < 4.78 is 77.8. The number of hydrogen-bond acceptors (Lipinski definition) is 5. The van der Waals surface area contributed by atoms with Crippen molar-refractivity contribution >= 4 is 21.6 Å². The average Bonchev–Trinajstić information content (AvgIpc) is 3.21. The predicted octanol–water partition coefficient (Wildman–Crippen LogP) is 2.70. The Labute approximate surface area is 167 Å². The Morgan fingerprint density at radius 1 is 1.10 bits per heavy atom. The lowest BCUT2D eigenvalue weighted by atomic mass is 10.2. The Hall–Kier alpha value is -3.48. The highest BCUT2D eigenvalue weighted by atomic mass is 32.2. The average molecular weight is 443 g/mol. The molecule has 0 fully saturated rings. The number of aromatic nitrogens is 3. The van der Waals surface area contributed by atoms with Gasteiger partial charge in [0.05, 0.1) is 10.5 Å². The zero-order valence-electron chi connectivity index (χ0n) is 14.9. The number of hydrogen-bond donors (Lipinski definition) is 3. The van der Waals surface area contributed by atoms with Gasteiger partial charge in [-0.05, 0) is 42.5 Å². The van der Waals surface area contributed by atoms with Crippen molar-refractivity contribution in [2.75, 3.05) is 11.3 Å². The molecular formula is C17H13F4N5O3S. The minimum absolute atomic E-state index is 0.00983. The van der Waals surface area contributed by atoms with E-state index in [2.05, 4.69) is 19.9 Å². The molecule has 1 amide bonds. The van der Waals surface area contributed by atoms with Crippen LogP contribution in [0.1, 0.15) is 10.4 Å². The van der Waals surface area contributed by atoms with Crippen molar-refractivity contribution < 1.29 is 30.8 Å². The summed E-state index contributed by atoms with van der Waals surface area (Å²) in [6, 6.07) is 7.73. The summed E-state index contributed by atoms with van der Waals surface area (Å²) in [7, 11) is -4.12. The summed E-state index contributed by atoms with van der Waals surface area (Å²) >= 11 is 0. The van der Waals surface area contributed by atoms with Gasteiger partial charge in [-0.1, -0.05) is 0 Å². The van der Waals surface area contributed by atoms with Gasteiger partial charge >= 0.3 is 6.18 Å². The van der Waals surface area contributed by atoms with Gasteiger partial charge in [0.15, 0.2) is 5.82 Å². The van der Waals surface area contributed by atoms with E-state index in [1.807, 2.05) is 0 Å². The second kappa shape index (κ2) is 8.10. The number of alkyl halides is 3. The van der Waals surface area contributed by atoms with Crippen molar-refractivity contribution in [3.05, 3.63) is 60.2 Å². The molecule has 0 saturated carbocycles. The summed E-state index contributed by atoms with van der Waals surface area (Å²) in [6.07, 6.45) is -3.40. The molecule has 158 valence electrons. The molecule has 1 heterocycles. The second-order valence-electron chi connectivity index (χ2n) is 5.96. The largest absolute Gasteiger partial charge is 0.405 e. The van der Waals surface area contributed by atoms with Gasteiger partial charge < -0.3 is 5.32 Å². The molecule has 0 saturated heterocycles. The van der Waals surface area contributed by atoms with Gasteiger partial charge in [-0.25, -0.2) is 17.8 Å². The lowest BCUT2D eigenvalue weighted by Crippen LogP contribution is -2.33. The third-order valence-corrected chi connectivity index (χ3v) is 5.16. The molecule has 0 atom stereocenters. The number of halogens is 4. The first-order valence-corrected chi connectivity index (χ1v) is 9.66. The molecule has 0 bridgehead atoms. The summed E-state index contributed by atoms with van der Waals surface area (Å²) in [5.41, 5.74) is -0.119. The second-order valence-corrected chi connectivity index (χ2v) is 7.64. The first-order chi connectivity index (χ1) is 14.0. The van der Waals surface area contributed by atoms with Crippen molar-refractivity contribution in [2.45, 2.75) is 11.1 Å². The molecule has 0 radical (unpaired) electrons. The van der Waals surface area contributed by atoms with Crippen molar-refractivity contribution in [1.29, 1.82) is 0 Å². The van der Waals surface area contributed by atoms with E-state index in [9.17, 15) is 30.8 Å². The Balaban J connectivity index is 1.76. The first kappa shape index (κ1) is 21.2. The van der Waals surface area contributed by atoms with Crippen LogP contribution in [0.2, 0.25) is 0 Å². The SMILES string of the molecule is O=C(NCC(F)(F)F)c1ccc(S(=O)(=O)Nc2ccc(F)c(-c3ncn[nH]3)c2)cc1. The van der Waals surface area contributed by atoms with Gasteiger partial charge in [0.25, 0.3) is 15.9 Å². The summed E-state index contributed by atoms with van der Waals surface area (Å²) in [6.45, 7) is -1.51. The number of benzene rings is 2. The molecule has 30 heavy (non-hydrogen) atoms. The van der Waals surface area contributed by atoms with Crippen LogP contribution in [0, 0.1) is 5.82 Å². The number of carbonyl (C=O) groups is 1. The number of H-pyrrole nitrogens is 1. The predicted molar refractivity (Wildman–Crippen MR) is 97.4 cm³/mol. The van der Waals surface area contributed by atoms with Crippen LogP contribution in [-0.4, -0.2) is 42.2 Å². The van der Waals surface area contributed by atoms with Crippen LogP contribution in [0.4, 0.5) is 23.2 Å². The fraction of sp³-hybridized carbons (Fsp3) is 0.118. The molecule has 0 unspecified atom stereocenters. The molecule has 3 rings (SSSR count). The highest BCUT2D eigenvalue weighted by Crippen LogP contribution is 2.25. The third-order valence-electron chi connectivity index (χ3n) is 3.76. The van der Waals surface area contributed by atoms with E-state index in [0.717, 1.165) is 36.7 Å². The number of aromatic amines is 1. The highest BCUT2D eigenvalue weighted by Gasteiger charge is 2.28. The number of sulfonamides is 1. The number of anilines is 1. The van der Waals surface area contributed by atoms with Crippen LogP contribution in [0.25, 0.3) is 11.4 Å². The van der Waals surface area contributed by atoms with Gasteiger partial charge in [0.1, 0.15) is 18.7 Å². The minimum atomic E-state index is -4.57. The molecule has 3 aromatic rings. The number of nitrogens with zero attached hydrogens (tertiary/aromatic N) is 2. The summed E-state index contributed by atoms with van der Waals surface area (Å²) in [4.78, 5) is 15.3. The zero-order valence-corrected chi connectivity index (χ0v) is 15.7. The fourth-order valence-electron chi connectivity index (χ4n) is 2.39. The smallest absolute Gasteiger partial charge is 0.343 e. The van der Waals surface area contributed by atoms with Gasteiger partial charge in [0.2, 0.25) is 0 Å². The summed E-state index contributed by atoms with van der Waals surface area (Å²) in [5.74, 6) is -1.55.